The summed E-state index contributed by atoms with van der Waals surface area (Å²) in [5, 5.41) is 3.78. The third-order valence-corrected chi connectivity index (χ3v) is 4.35. The third kappa shape index (κ3) is 4.07. The van der Waals surface area contributed by atoms with E-state index < -0.39 is 0 Å². The molecule has 1 aromatic carbocycles. The fraction of sp³-hybridized carbons (Fsp3) is 0.667. The molecule has 0 radical (unpaired) electrons. The minimum Gasteiger partial charge on any atom is -0.310 e. The second-order valence-corrected chi connectivity index (χ2v) is 5.80. The maximum absolute atomic E-state index is 3.78. The molecule has 0 aliphatic carbocycles. The van der Waals surface area contributed by atoms with E-state index in [1.54, 1.807) is 0 Å². The summed E-state index contributed by atoms with van der Waals surface area (Å²) in [6, 6.07) is 5.25. The van der Waals surface area contributed by atoms with Gasteiger partial charge in [-0.05, 0) is 61.9 Å². The molecule has 108 valence electrons. The largest absolute Gasteiger partial charge is 0.310 e. The molecule has 19 heavy (non-hydrogen) atoms. The van der Waals surface area contributed by atoms with E-state index in [1.807, 2.05) is 0 Å². The van der Waals surface area contributed by atoms with Crippen molar-refractivity contribution in [3.05, 3.63) is 34.4 Å². The summed E-state index contributed by atoms with van der Waals surface area (Å²) < 4.78 is 0. The average molecular weight is 261 g/mol. The number of benzene rings is 1. The Bertz CT molecular complexity index is 391. The predicted octanol–water partition coefficient (Wildman–Crippen LogP) is 5.09. The van der Waals surface area contributed by atoms with Crippen molar-refractivity contribution in [2.24, 2.45) is 5.92 Å². The summed E-state index contributed by atoms with van der Waals surface area (Å²) in [6.45, 7) is 14.7. The molecule has 0 spiro atoms. The Morgan fingerprint density at radius 3 is 2.00 bits per heavy atom. The molecule has 0 fully saturated rings. The van der Waals surface area contributed by atoms with E-state index >= 15 is 0 Å². The summed E-state index contributed by atoms with van der Waals surface area (Å²) in [6.07, 6.45) is 3.68. The first-order valence-electron chi connectivity index (χ1n) is 7.86. The van der Waals surface area contributed by atoms with Crippen LogP contribution in [0.1, 0.15) is 68.3 Å². The van der Waals surface area contributed by atoms with Gasteiger partial charge in [-0.3, -0.25) is 0 Å². The molecule has 0 aliphatic rings. The first kappa shape index (κ1) is 16.2. The molecule has 0 amide bonds. The molecule has 1 rings (SSSR count). The van der Waals surface area contributed by atoms with E-state index in [4.69, 9.17) is 0 Å². The molecule has 1 atom stereocenters. The van der Waals surface area contributed by atoms with Crippen LogP contribution in [0.2, 0.25) is 0 Å². The van der Waals surface area contributed by atoms with Crippen LogP contribution in [0.4, 0.5) is 0 Å². The van der Waals surface area contributed by atoms with Gasteiger partial charge in [-0.2, -0.15) is 0 Å². The molecule has 1 nitrogen and oxygen atoms in total. The van der Waals surface area contributed by atoms with Gasteiger partial charge in [-0.25, -0.2) is 0 Å². The van der Waals surface area contributed by atoms with Gasteiger partial charge in [-0.15, -0.1) is 0 Å². The zero-order chi connectivity index (χ0) is 14.4. The molecular formula is C18H31N. The van der Waals surface area contributed by atoms with Gasteiger partial charge in [-0.1, -0.05) is 45.7 Å². The van der Waals surface area contributed by atoms with E-state index in [0.29, 0.717) is 6.04 Å². The number of nitrogens with one attached hydrogen (secondary N) is 1. The minimum absolute atomic E-state index is 0.509. The third-order valence-electron chi connectivity index (χ3n) is 4.35. The lowest BCUT2D eigenvalue weighted by Gasteiger charge is -2.29. The van der Waals surface area contributed by atoms with Crippen molar-refractivity contribution in [1.82, 2.24) is 5.32 Å². The monoisotopic (exact) mass is 261 g/mol. The van der Waals surface area contributed by atoms with Crippen molar-refractivity contribution in [2.45, 2.75) is 66.8 Å². The summed E-state index contributed by atoms with van der Waals surface area (Å²) >= 11 is 0. The normalized spacial score (nSPS) is 13.0. The first-order chi connectivity index (χ1) is 9.04. The van der Waals surface area contributed by atoms with Gasteiger partial charge in [0.2, 0.25) is 0 Å². The maximum atomic E-state index is 3.78. The number of aryl methyl sites for hydroxylation is 3. The van der Waals surface area contributed by atoms with Gasteiger partial charge >= 0.3 is 0 Å². The Balaban J connectivity index is 3.12. The molecule has 0 saturated heterocycles. The molecule has 1 unspecified atom stereocenters. The first-order valence-corrected chi connectivity index (χ1v) is 7.86. The highest BCUT2D eigenvalue weighted by molar-refractivity contribution is 5.38. The van der Waals surface area contributed by atoms with Gasteiger partial charge in [0, 0.05) is 6.04 Å². The van der Waals surface area contributed by atoms with E-state index in [1.165, 1.54) is 41.5 Å². The van der Waals surface area contributed by atoms with Crippen LogP contribution in [0.15, 0.2) is 12.1 Å². The highest BCUT2D eigenvalue weighted by atomic mass is 14.9. The highest BCUT2D eigenvalue weighted by Crippen LogP contribution is 2.31. The molecule has 0 saturated carbocycles. The van der Waals surface area contributed by atoms with E-state index in [-0.39, 0.29) is 0 Å². The van der Waals surface area contributed by atoms with Crippen molar-refractivity contribution in [3.63, 3.8) is 0 Å². The Kier molecular flexibility index (Phi) is 6.57. The Labute approximate surface area is 119 Å². The quantitative estimate of drug-likeness (QED) is 0.721. The molecule has 0 bridgehead atoms. The van der Waals surface area contributed by atoms with Crippen LogP contribution >= 0.6 is 0 Å². The number of rotatable bonds is 7. The summed E-state index contributed by atoms with van der Waals surface area (Å²) in [5.74, 6) is 0.729. The molecule has 0 aliphatic heterocycles. The van der Waals surface area contributed by atoms with Crippen molar-refractivity contribution in [2.75, 3.05) is 6.54 Å². The lowest BCUT2D eigenvalue weighted by molar-refractivity contribution is 0.340. The molecule has 1 N–H and O–H groups in total. The van der Waals surface area contributed by atoms with Crippen molar-refractivity contribution in [1.29, 1.82) is 0 Å². The predicted molar refractivity (Wildman–Crippen MR) is 85.8 cm³/mol. The zero-order valence-corrected chi connectivity index (χ0v) is 13.6. The smallest absolute Gasteiger partial charge is 0.0351 e. The zero-order valence-electron chi connectivity index (χ0n) is 13.6. The van der Waals surface area contributed by atoms with Gasteiger partial charge < -0.3 is 5.32 Å². The van der Waals surface area contributed by atoms with E-state index in [0.717, 1.165) is 12.5 Å². The fourth-order valence-electron chi connectivity index (χ4n) is 2.91. The fourth-order valence-corrected chi connectivity index (χ4v) is 2.91. The summed E-state index contributed by atoms with van der Waals surface area (Å²) in [7, 11) is 0. The Morgan fingerprint density at radius 1 is 0.895 bits per heavy atom. The van der Waals surface area contributed by atoms with Gasteiger partial charge in [0.1, 0.15) is 0 Å². The molecule has 0 heterocycles. The van der Waals surface area contributed by atoms with Crippen LogP contribution in [0.25, 0.3) is 0 Å². The molecular weight excluding hydrogens is 230 g/mol. The average Bonchev–Trinajstić information content (AvgIpc) is 2.39. The van der Waals surface area contributed by atoms with Crippen molar-refractivity contribution in [3.8, 4) is 0 Å². The maximum Gasteiger partial charge on any atom is 0.0351 e. The van der Waals surface area contributed by atoms with E-state index in [9.17, 15) is 0 Å². The van der Waals surface area contributed by atoms with Gasteiger partial charge in [0.05, 0.1) is 0 Å². The minimum atomic E-state index is 0.509. The number of hydrogen-bond donors (Lipinski definition) is 1. The lowest BCUT2D eigenvalue weighted by atomic mass is 9.85. The van der Waals surface area contributed by atoms with Crippen LogP contribution < -0.4 is 5.32 Å². The highest BCUT2D eigenvalue weighted by Gasteiger charge is 2.21. The second kappa shape index (κ2) is 7.69. The van der Waals surface area contributed by atoms with E-state index in [2.05, 4.69) is 59.0 Å². The van der Waals surface area contributed by atoms with Crippen LogP contribution in [-0.2, 0) is 0 Å². The molecule has 0 aromatic heterocycles. The van der Waals surface area contributed by atoms with Crippen LogP contribution in [-0.4, -0.2) is 6.54 Å². The van der Waals surface area contributed by atoms with Gasteiger partial charge in [0.15, 0.2) is 0 Å². The summed E-state index contributed by atoms with van der Waals surface area (Å²) in [5.41, 5.74) is 5.75. The number of hydrogen-bond acceptors (Lipinski definition) is 1. The van der Waals surface area contributed by atoms with Crippen LogP contribution in [0.3, 0.4) is 0 Å². The standard InChI is InChI=1S/C18H31N/c1-7-10-19-18(16(8-2)9-3)17-12-14(5)13(4)11-15(17)6/h11-12,16,18-19H,7-10H2,1-6H3. The summed E-state index contributed by atoms with van der Waals surface area (Å²) in [4.78, 5) is 0. The SMILES string of the molecule is CCCNC(c1cc(C)c(C)cc1C)C(CC)CC. The van der Waals surface area contributed by atoms with Crippen molar-refractivity contribution >= 4 is 0 Å². The molecule has 1 heteroatoms. The van der Waals surface area contributed by atoms with Crippen molar-refractivity contribution < 1.29 is 0 Å². The topological polar surface area (TPSA) is 12.0 Å². The lowest BCUT2D eigenvalue weighted by Crippen LogP contribution is -2.29. The van der Waals surface area contributed by atoms with Crippen LogP contribution in [0.5, 0.6) is 0 Å². The second-order valence-electron chi connectivity index (χ2n) is 5.80. The Morgan fingerprint density at radius 2 is 1.47 bits per heavy atom. The Hall–Kier alpha value is -0.820. The van der Waals surface area contributed by atoms with Crippen LogP contribution in [0, 0.1) is 26.7 Å². The van der Waals surface area contributed by atoms with Gasteiger partial charge in [0.25, 0.3) is 0 Å². The molecule has 1 aromatic rings.